The summed E-state index contributed by atoms with van der Waals surface area (Å²) in [7, 11) is 0. The Kier molecular flexibility index (Phi) is 3.16. The maximum atomic E-state index is 12.7. The smallest absolute Gasteiger partial charge is 0.369 e. The molecular formula is C12H7F6NO. The highest BCUT2D eigenvalue weighted by atomic mass is 19.4. The van der Waals surface area contributed by atoms with E-state index in [1.54, 1.807) is 0 Å². The molecule has 0 aliphatic heterocycles. The number of benzene rings is 1. The van der Waals surface area contributed by atoms with Crippen LogP contribution < -0.4 is 0 Å². The fourth-order valence-electron chi connectivity index (χ4n) is 1.76. The van der Waals surface area contributed by atoms with Crippen LogP contribution in [0, 0.1) is 0 Å². The Hall–Kier alpha value is -1.83. The molecule has 1 heterocycles. The fourth-order valence-corrected chi connectivity index (χ4v) is 1.76. The first-order valence-electron chi connectivity index (χ1n) is 5.28. The summed E-state index contributed by atoms with van der Waals surface area (Å²) in [6.07, 6.45) is -11.4. The van der Waals surface area contributed by atoms with Gasteiger partial charge in [-0.2, -0.15) is 26.3 Å². The monoisotopic (exact) mass is 295 g/mol. The Labute approximate surface area is 108 Å². The molecule has 1 N–H and O–H groups in total. The van der Waals surface area contributed by atoms with Gasteiger partial charge in [-0.3, -0.25) is 4.98 Å². The van der Waals surface area contributed by atoms with Gasteiger partial charge in [0.25, 0.3) is 5.60 Å². The maximum absolute atomic E-state index is 12.7. The first-order valence-corrected chi connectivity index (χ1v) is 5.28. The van der Waals surface area contributed by atoms with Gasteiger partial charge < -0.3 is 5.11 Å². The van der Waals surface area contributed by atoms with E-state index in [1.807, 2.05) is 0 Å². The normalized spacial score (nSPS) is 13.8. The molecule has 2 rings (SSSR count). The second-order valence-corrected chi connectivity index (χ2v) is 4.12. The minimum atomic E-state index is -5.91. The van der Waals surface area contributed by atoms with E-state index in [0.29, 0.717) is 12.3 Å². The van der Waals surface area contributed by atoms with Crippen molar-refractivity contribution >= 4 is 10.9 Å². The highest BCUT2D eigenvalue weighted by Crippen LogP contribution is 2.50. The van der Waals surface area contributed by atoms with Crippen LogP contribution in [0.3, 0.4) is 0 Å². The number of hydrogen-bond acceptors (Lipinski definition) is 2. The van der Waals surface area contributed by atoms with Gasteiger partial charge in [-0.1, -0.05) is 18.2 Å². The molecule has 0 amide bonds. The van der Waals surface area contributed by atoms with E-state index in [1.165, 1.54) is 24.3 Å². The van der Waals surface area contributed by atoms with Crippen molar-refractivity contribution in [2.45, 2.75) is 18.0 Å². The molecule has 0 unspecified atom stereocenters. The molecule has 0 aliphatic carbocycles. The van der Waals surface area contributed by atoms with Crippen molar-refractivity contribution in [3.8, 4) is 0 Å². The first kappa shape index (κ1) is 14.6. The third kappa shape index (κ3) is 2.09. The molecule has 20 heavy (non-hydrogen) atoms. The maximum Gasteiger partial charge on any atom is 0.430 e. The topological polar surface area (TPSA) is 33.1 Å². The number of halogens is 6. The third-order valence-corrected chi connectivity index (χ3v) is 2.83. The van der Waals surface area contributed by atoms with Crippen LogP contribution in [0.2, 0.25) is 0 Å². The van der Waals surface area contributed by atoms with Gasteiger partial charge in [-0.15, -0.1) is 0 Å². The first-order chi connectivity index (χ1) is 9.07. The number of aliphatic hydroxyl groups is 1. The summed E-state index contributed by atoms with van der Waals surface area (Å²) in [5.74, 6) is 0. The van der Waals surface area contributed by atoms with Crippen molar-refractivity contribution < 1.29 is 31.4 Å². The van der Waals surface area contributed by atoms with E-state index in [9.17, 15) is 31.4 Å². The lowest BCUT2D eigenvalue weighted by atomic mass is 9.93. The van der Waals surface area contributed by atoms with E-state index in [4.69, 9.17) is 0 Å². The Bertz CT molecular complexity index is 620. The summed E-state index contributed by atoms with van der Waals surface area (Å²) in [6, 6.07) is 6.34. The van der Waals surface area contributed by atoms with Gasteiger partial charge in [0.1, 0.15) is 0 Å². The quantitative estimate of drug-likeness (QED) is 0.816. The minimum Gasteiger partial charge on any atom is -0.369 e. The Morgan fingerprint density at radius 2 is 1.45 bits per heavy atom. The number of fused-ring (bicyclic) bond motifs is 1. The molecule has 0 fully saturated rings. The molecule has 0 bridgehead atoms. The SMILES string of the molecule is OC(c1cnc2ccccc2c1)(C(F)(F)F)C(F)(F)F. The predicted molar refractivity (Wildman–Crippen MR) is 57.7 cm³/mol. The molecule has 0 atom stereocenters. The number of pyridine rings is 1. The van der Waals surface area contributed by atoms with E-state index in [-0.39, 0.29) is 10.9 Å². The molecule has 1 aromatic carbocycles. The zero-order valence-corrected chi connectivity index (χ0v) is 9.63. The van der Waals surface area contributed by atoms with Crippen LogP contribution in [0.4, 0.5) is 26.3 Å². The molecular weight excluding hydrogens is 288 g/mol. The fraction of sp³-hybridized carbons (Fsp3) is 0.250. The Morgan fingerprint density at radius 3 is 2.00 bits per heavy atom. The zero-order chi connectivity index (χ0) is 15.2. The largest absolute Gasteiger partial charge is 0.430 e. The van der Waals surface area contributed by atoms with Crippen molar-refractivity contribution in [2.75, 3.05) is 0 Å². The van der Waals surface area contributed by atoms with Crippen molar-refractivity contribution in [1.82, 2.24) is 4.98 Å². The molecule has 8 heteroatoms. The highest BCUT2D eigenvalue weighted by molar-refractivity contribution is 5.79. The minimum absolute atomic E-state index is 0.0666. The summed E-state index contributed by atoms with van der Waals surface area (Å²) < 4.78 is 76.1. The summed E-state index contributed by atoms with van der Waals surface area (Å²) in [4.78, 5) is 3.51. The standard InChI is InChI=1S/C12H7F6NO/c13-11(14,15)10(20,12(16,17)18)8-5-7-3-1-2-4-9(7)19-6-8/h1-6,20H. The number of aromatic nitrogens is 1. The van der Waals surface area contributed by atoms with Crippen LogP contribution in [-0.4, -0.2) is 22.4 Å². The van der Waals surface area contributed by atoms with Gasteiger partial charge in [-0.25, -0.2) is 0 Å². The average Bonchev–Trinajstić information content (AvgIpc) is 2.34. The number of alkyl halides is 6. The second-order valence-electron chi connectivity index (χ2n) is 4.12. The van der Waals surface area contributed by atoms with Crippen LogP contribution in [0.15, 0.2) is 36.5 Å². The number of hydrogen-bond donors (Lipinski definition) is 1. The lowest BCUT2D eigenvalue weighted by Gasteiger charge is -2.32. The second kappa shape index (κ2) is 4.34. The lowest BCUT2D eigenvalue weighted by molar-refractivity contribution is -0.376. The molecule has 0 saturated carbocycles. The van der Waals surface area contributed by atoms with Crippen molar-refractivity contribution in [3.05, 3.63) is 42.1 Å². The Balaban J connectivity index is 2.70. The van der Waals surface area contributed by atoms with Gasteiger partial charge in [0.15, 0.2) is 0 Å². The summed E-state index contributed by atoms with van der Waals surface area (Å²) in [5, 5.41) is 9.29. The van der Waals surface area contributed by atoms with E-state index >= 15 is 0 Å². The summed E-state index contributed by atoms with van der Waals surface area (Å²) >= 11 is 0. The van der Waals surface area contributed by atoms with Crippen LogP contribution in [0.5, 0.6) is 0 Å². The van der Waals surface area contributed by atoms with Crippen LogP contribution in [0.25, 0.3) is 10.9 Å². The van der Waals surface area contributed by atoms with Gasteiger partial charge in [-0.05, 0) is 12.1 Å². The van der Waals surface area contributed by atoms with Gasteiger partial charge >= 0.3 is 12.4 Å². The van der Waals surface area contributed by atoms with Gasteiger partial charge in [0.05, 0.1) is 5.52 Å². The molecule has 108 valence electrons. The lowest BCUT2D eigenvalue weighted by Crippen LogP contribution is -2.53. The van der Waals surface area contributed by atoms with Crippen molar-refractivity contribution in [3.63, 3.8) is 0 Å². The zero-order valence-electron chi connectivity index (χ0n) is 9.63. The molecule has 0 radical (unpaired) electrons. The number of para-hydroxylation sites is 1. The van der Waals surface area contributed by atoms with Gasteiger partial charge in [0, 0.05) is 17.1 Å². The van der Waals surface area contributed by atoms with Crippen molar-refractivity contribution in [2.24, 2.45) is 0 Å². The van der Waals surface area contributed by atoms with E-state index in [0.717, 1.165) is 0 Å². The molecule has 0 aliphatic rings. The van der Waals surface area contributed by atoms with Crippen LogP contribution in [-0.2, 0) is 5.60 Å². The summed E-state index contributed by atoms with van der Waals surface area (Å²) in [5.41, 5.74) is -6.09. The molecule has 0 saturated heterocycles. The molecule has 2 aromatic rings. The molecule has 0 spiro atoms. The van der Waals surface area contributed by atoms with E-state index < -0.39 is 23.5 Å². The molecule has 1 aromatic heterocycles. The van der Waals surface area contributed by atoms with Gasteiger partial charge in [0.2, 0.25) is 0 Å². The van der Waals surface area contributed by atoms with Crippen molar-refractivity contribution in [1.29, 1.82) is 0 Å². The van der Waals surface area contributed by atoms with Crippen LogP contribution >= 0.6 is 0 Å². The number of rotatable bonds is 1. The number of nitrogens with zero attached hydrogens (tertiary/aromatic N) is 1. The Morgan fingerprint density at radius 1 is 0.900 bits per heavy atom. The summed E-state index contributed by atoms with van der Waals surface area (Å²) in [6.45, 7) is 0. The highest BCUT2D eigenvalue weighted by Gasteiger charge is 2.71. The third-order valence-electron chi connectivity index (χ3n) is 2.83. The van der Waals surface area contributed by atoms with E-state index in [2.05, 4.69) is 4.98 Å². The molecule has 2 nitrogen and oxygen atoms in total. The van der Waals surface area contributed by atoms with Crippen LogP contribution in [0.1, 0.15) is 5.56 Å². The predicted octanol–water partition coefficient (Wildman–Crippen LogP) is 3.55. The average molecular weight is 295 g/mol.